The van der Waals surface area contributed by atoms with Gasteiger partial charge in [-0.15, -0.1) is 0 Å². The van der Waals surface area contributed by atoms with E-state index in [-0.39, 0.29) is 6.15 Å². The maximum atomic E-state index is 10.9. The molecule has 22 heavy (non-hydrogen) atoms. The van der Waals surface area contributed by atoms with Crippen LogP contribution in [0.1, 0.15) is 24.1 Å². The van der Waals surface area contributed by atoms with Gasteiger partial charge in [0.25, 0.3) is 0 Å². The van der Waals surface area contributed by atoms with Gasteiger partial charge in [0.15, 0.2) is 0 Å². The van der Waals surface area contributed by atoms with Crippen LogP contribution in [-0.2, 0) is 6.61 Å². The van der Waals surface area contributed by atoms with Gasteiger partial charge < -0.3 is 16.6 Å². The van der Waals surface area contributed by atoms with E-state index < -0.39 is 12.1 Å². The van der Waals surface area contributed by atoms with Crippen molar-refractivity contribution >= 4 is 6.03 Å². The van der Waals surface area contributed by atoms with E-state index in [1.54, 1.807) is 31.2 Å². The third-order valence-electron chi connectivity index (χ3n) is 3.20. The third-order valence-corrected chi connectivity index (χ3v) is 3.20. The van der Waals surface area contributed by atoms with Gasteiger partial charge >= 0.3 is 6.03 Å². The molecule has 2 amide bonds. The number of nitrogens with zero attached hydrogens (tertiary/aromatic N) is 1. The lowest BCUT2D eigenvalue weighted by Gasteiger charge is -2.20. The first-order valence-electron chi connectivity index (χ1n) is 6.62. The Kier molecular flexibility index (Phi) is 6.37. The molecule has 2 aromatic carbocycles. The minimum Gasteiger partial charge on any atom is -0.489 e. The number of primary amides is 1. The Morgan fingerprint density at radius 2 is 1.77 bits per heavy atom. The molecule has 6 heteroatoms. The minimum atomic E-state index is -0.882. The van der Waals surface area contributed by atoms with E-state index in [0.29, 0.717) is 11.7 Å². The standard InChI is InChI=1S/C16H18N2O3.H3N/c1-12(18(20)16(17)19)14-7-9-15(10-8-14)21-11-13-5-3-2-4-6-13;/h2-10,12,20H,11H2,1H3,(H2,17,19);1H3. The molecule has 2 rings (SSSR count). The van der Waals surface area contributed by atoms with Gasteiger partial charge in [0.1, 0.15) is 12.4 Å². The average molecular weight is 303 g/mol. The van der Waals surface area contributed by atoms with Gasteiger partial charge in [-0.2, -0.15) is 5.06 Å². The zero-order valence-corrected chi connectivity index (χ0v) is 12.5. The van der Waals surface area contributed by atoms with Crippen molar-refractivity contribution in [3.8, 4) is 5.75 Å². The number of nitrogens with two attached hydrogens (primary N) is 1. The molecule has 0 saturated carbocycles. The summed E-state index contributed by atoms with van der Waals surface area (Å²) in [6, 6.07) is 15.6. The fraction of sp³-hybridized carbons (Fsp3) is 0.188. The monoisotopic (exact) mass is 303 g/mol. The first-order valence-corrected chi connectivity index (χ1v) is 6.62. The largest absolute Gasteiger partial charge is 0.489 e. The first-order chi connectivity index (χ1) is 10.1. The van der Waals surface area contributed by atoms with E-state index in [0.717, 1.165) is 16.9 Å². The van der Waals surface area contributed by atoms with Gasteiger partial charge in [-0.05, 0) is 30.2 Å². The highest BCUT2D eigenvalue weighted by molar-refractivity contribution is 5.71. The van der Waals surface area contributed by atoms with Crippen molar-refractivity contribution in [2.45, 2.75) is 19.6 Å². The van der Waals surface area contributed by atoms with Crippen molar-refractivity contribution in [2.24, 2.45) is 5.73 Å². The molecule has 0 radical (unpaired) electrons. The highest BCUT2D eigenvalue weighted by atomic mass is 16.5. The number of hydroxylamine groups is 2. The number of urea groups is 1. The van der Waals surface area contributed by atoms with Gasteiger partial charge in [0.05, 0.1) is 6.04 Å². The Morgan fingerprint density at radius 3 is 2.32 bits per heavy atom. The molecule has 0 bridgehead atoms. The second-order valence-electron chi connectivity index (χ2n) is 4.70. The molecular weight excluding hydrogens is 282 g/mol. The highest BCUT2D eigenvalue weighted by Crippen LogP contribution is 2.21. The van der Waals surface area contributed by atoms with Crippen LogP contribution in [0.15, 0.2) is 54.6 Å². The van der Waals surface area contributed by atoms with Crippen LogP contribution in [-0.4, -0.2) is 16.3 Å². The van der Waals surface area contributed by atoms with Crippen molar-refractivity contribution in [1.29, 1.82) is 0 Å². The molecule has 0 aliphatic carbocycles. The number of benzene rings is 2. The Labute approximate surface area is 129 Å². The summed E-state index contributed by atoms with van der Waals surface area (Å²) in [6.07, 6.45) is 0. The highest BCUT2D eigenvalue weighted by Gasteiger charge is 2.16. The summed E-state index contributed by atoms with van der Waals surface area (Å²) in [4.78, 5) is 10.9. The van der Waals surface area contributed by atoms with Crippen LogP contribution >= 0.6 is 0 Å². The van der Waals surface area contributed by atoms with Crippen LogP contribution in [0.3, 0.4) is 0 Å². The van der Waals surface area contributed by atoms with Crippen LogP contribution in [0.5, 0.6) is 5.75 Å². The average Bonchev–Trinajstić information content (AvgIpc) is 2.53. The Morgan fingerprint density at radius 1 is 1.18 bits per heavy atom. The number of rotatable bonds is 5. The second kappa shape index (κ2) is 8.02. The lowest BCUT2D eigenvalue weighted by molar-refractivity contribution is -0.0710. The van der Waals surface area contributed by atoms with Gasteiger partial charge in [-0.3, -0.25) is 5.21 Å². The van der Waals surface area contributed by atoms with Crippen LogP contribution in [0.25, 0.3) is 0 Å². The van der Waals surface area contributed by atoms with Crippen molar-refractivity contribution < 1.29 is 14.7 Å². The van der Waals surface area contributed by atoms with Crippen molar-refractivity contribution in [2.75, 3.05) is 0 Å². The van der Waals surface area contributed by atoms with Crippen molar-refractivity contribution in [3.05, 3.63) is 65.7 Å². The molecule has 0 spiro atoms. The Hall–Kier alpha value is -2.57. The molecule has 2 aromatic rings. The molecule has 6 nitrogen and oxygen atoms in total. The predicted octanol–water partition coefficient (Wildman–Crippen LogP) is 3.26. The lowest BCUT2D eigenvalue weighted by Crippen LogP contribution is -2.34. The van der Waals surface area contributed by atoms with Crippen LogP contribution in [0, 0.1) is 0 Å². The summed E-state index contributed by atoms with van der Waals surface area (Å²) >= 11 is 0. The van der Waals surface area contributed by atoms with E-state index in [1.165, 1.54) is 0 Å². The van der Waals surface area contributed by atoms with E-state index in [2.05, 4.69) is 0 Å². The summed E-state index contributed by atoms with van der Waals surface area (Å²) in [6.45, 7) is 2.17. The smallest absolute Gasteiger partial charge is 0.339 e. The fourth-order valence-corrected chi connectivity index (χ4v) is 1.92. The minimum absolute atomic E-state index is 0. The van der Waals surface area contributed by atoms with Crippen molar-refractivity contribution in [1.82, 2.24) is 11.2 Å². The third kappa shape index (κ3) is 4.47. The van der Waals surface area contributed by atoms with Gasteiger partial charge in [0, 0.05) is 0 Å². The molecule has 0 saturated heterocycles. The van der Waals surface area contributed by atoms with Crippen LogP contribution in [0.2, 0.25) is 0 Å². The molecule has 1 atom stereocenters. The Balaban J connectivity index is 0.00000242. The van der Waals surface area contributed by atoms with Crippen LogP contribution in [0.4, 0.5) is 4.79 Å². The number of hydrogen-bond acceptors (Lipinski definition) is 4. The maximum Gasteiger partial charge on any atom is 0.339 e. The molecular formula is C16H21N3O3. The molecule has 0 aromatic heterocycles. The predicted molar refractivity (Wildman–Crippen MR) is 83.9 cm³/mol. The number of ether oxygens (including phenoxy) is 1. The number of amides is 2. The molecule has 0 aliphatic rings. The summed E-state index contributed by atoms with van der Waals surface area (Å²) in [5.74, 6) is 0.721. The van der Waals surface area contributed by atoms with E-state index >= 15 is 0 Å². The van der Waals surface area contributed by atoms with E-state index in [4.69, 9.17) is 10.5 Å². The normalized spacial score (nSPS) is 11.2. The number of carbonyl (C=O) groups is 1. The van der Waals surface area contributed by atoms with Crippen molar-refractivity contribution in [3.63, 3.8) is 0 Å². The topological polar surface area (TPSA) is 111 Å². The first kappa shape index (κ1) is 17.5. The number of carbonyl (C=O) groups excluding carboxylic acids is 1. The summed E-state index contributed by atoms with van der Waals surface area (Å²) in [7, 11) is 0. The zero-order chi connectivity index (χ0) is 15.2. The molecule has 1 unspecified atom stereocenters. The molecule has 0 heterocycles. The van der Waals surface area contributed by atoms with E-state index in [9.17, 15) is 10.0 Å². The fourth-order valence-electron chi connectivity index (χ4n) is 1.92. The Bertz CT molecular complexity index is 587. The second-order valence-corrected chi connectivity index (χ2v) is 4.70. The van der Waals surface area contributed by atoms with Gasteiger partial charge in [-0.25, -0.2) is 4.79 Å². The zero-order valence-electron chi connectivity index (χ0n) is 12.5. The van der Waals surface area contributed by atoms with Gasteiger partial charge in [-0.1, -0.05) is 42.5 Å². The molecule has 6 N–H and O–H groups in total. The quantitative estimate of drug-likeness (QED) is 0.581. The molecule has 0 fully saturated rings. The summed E-state index contributed by atoms with van der Waals surface area (Å²) in [5, 5.41) is 10.00. The number of hydrogen-bond donors (Lipinski definition) is 3. The maximum absolute atomic E-state index is 10.9. The van der Waals surface area contributed by atoms with E-state index in [1.807, 2.05) is 30.3 Å². The molecule has 118 valence electrons. The molecule has 0 aliphatic heterocycles. The summed E-state index contributed by atoms with van der Waals surface area (Å²) < 4.78 is 5.67. The van der Waals surface area contributed by atoms with Gasteiger partial charge in [0.2, 0.25) is 0 Å². The SMILES string of the molecule is CC(c1ccc(OCc2ccccc2)cc1)N(O)C(N)=O.N. The lowest BCUT2D eigenvalue weighted by atomic mass is 10.1. The van der Waals surface area contributed by atoms with Crippen LogP contribution < -0.4 is 16.6 Å². The summed E-state index contributed by atoms with van der Waals surface area (Å²) in [5.41, 5.74) is 6.88.